The number of hydrogen-bond acceptors (Lipinski definition) is 14. The van der Waals surface area contributed by atoms with Crippen molar-refractivity contribution in [2.24, 2.45) is 21.5 Å². The summed E-state index contributed by atoms with van der Waals surface area (Å²) in [6.07, 6.45) is 0. The molecule has 0 aromatic heterocycles. The van der Waals surface area contributed by atoms with Gasteiger partial charge in [0.2, 0.25) is 9.84 Å². The first kappa shape index (κ1) is 39.7. The van der Waals surface area contributed by atoms with Crippen molar-refractivity contribution in [3.05, 3.63) is 107 Å². The molecule has 2 aliphatic heterocycles. The second-order valence-corrected chi connectivity index (χ2v) is 14.8. The predicted molar refractivity (Wildman–Crippen MR) is 217 cm³/mol. The summed E-state index contributed by atoms with van der Waals surface area (Å²) in [4.78, 5) is 36.0. The van der Waals surface area contributed by atoms with Crippen LogP contribution in [0.1, 0.15) is 25.0 Å². The summed E-state index contributed by atoms with van der Waals surface area (Å²) in [5, 5.41) is 11.7. The zero-order valence-corrected chi connectivity index (χ0v) is 32.8. The Labute approximate surface area is 329 Å². The van der Waals surface area contributed by atoms with E-state index in [-0.39, 0.29) is 21.7 Å². The van der Waals surface area contributed by atoms with Crippen molar-refractivity contribution >= 4 is 56.3 Å². The molecule has 0 bridgehead atoms. The highest BCUT2D eigenvalue weighted by Crippen LogP contribution is 2.35. The number of nitrogens with two attached hydrogens (primary N) is 2. The number of ether oxygens (including phenoxy) is 4. The van der Waals surface area contributed by atoms with E-state index in [9.17, 15) is 18.0 Å². The van der Waals surface area contributed by atoms with Crippen molar-refractivity contribution < 1.29 is 37.0 Å². The smallest absolute Gasteiger partial charge is 0.255 e. The van der Waals surface area contributed by atoms with Gasteiger partial charge in [-0.1, -0.05) is 0 Å². The third kappa shape index (κ3) is 8.18. The molecule has 0 saturated heterocycles. The molecule has 296 valence electrons. The monoisotopic (exact) mass is 794 g/mol. The maximum atomic E-state index is 13.7. The van der Waals surface area contributed by atoms with E-state index in [1.54, 1.807) is 50.2 Å². The number of carbonyl (C=O) groups is 2. The van der Waals surface area contributed by atoms with E-state index in [0.717, 1.165) is 0 Å². The third-order valence-corrected chi connectivity index (χ3v) is 11.0. The number of anilines is 2. The van der Waals surface area contributed by atoms with E-state index < -0.39 is 33.7 Å². The minimum Gasteiger partial charge on any atom is -0.493 e. The molecule has 2 amide bonds. The van der Waals surface area contributed by atoms with Crippen LogP contribution < -0.4 is 51.7 Å². The molecule has 0 aliphatic carbocycles. The van der Waals surface area contributed by atoms with Crippen LogP contribution in [-0.2, 0) is 19.4 Å². The summed E-state index contributed by atoms with van der Waals surface area (Å²) in [5.74, 6) is 1.29. The second kappa shape index (κ2) is 16.4. The van der Waals surface area contributed by atoms with Gasteiger partial charge in [0.05, 0.1) is 72.9 Å². The zero-order chi connectivity index (χ0) is 41.0. The lowest BCUT2D eigenvalue weighted by Gasteiger charge is -2.25. The summed E-state index contributed by atoms with van der Waals surface area (Å²) >= 11 is 0. The molecule has 8 N–H and O–H groups in total. The molecule has 57 heavy (non-hydrogen) atoms. The van der Waals surface area contributed by atoms with Gasteiger partial charge in [0, 0.05) is 22.5 Å². The van der Waals surface area contributed by atoms with Gasteiger partial charge in [-0.25, -0.2) is 18.4 Å². The van der Waals surface area contributed by atoms with Gasteiger partial charge >= 0.3 is 0 Å². The molecule has 0 radical (unpaired) electrons. The Hall–Kier alpha value is -7.01. The third-order valence-electron chi connectivity index (χ3n) is 9.22. The summed E-state index contributed by atoms with van der Waals surface area (Å²) < 4.78 is 48.9. The highest BCUT2D eigenvalue weighted by atomic mass is 32.2. The van der Waals surface area contributed by atoms with Crippen LogP contribution in [-0.4, -0.2) is 72.7 Å². The predicted octanol–water partition coefficient (Wildman–Crippen LogP) is 3.87. The van der Waals surface area contributed by atoms with Crippen molar-refractivity contribution in [2.45, 2.75) is 35.7 Å². The molecule has 0 spiro atoms. The van der Waals surface area contributed by atoms with Crippen molar-refractivity contribution in [1.82, 2.24) is 10.6 Å². The molecule has 4 aromatic rings. The van der Waals surface area contributed by atoms with Crippen LogP contribution in [0.15, 0.2) is 116 Å². The average molecular weight is 795 g/mol. The summed E-state index contributed by atoms with van der Waals surface area (Å²) in [5.41, 5.74) is 15.5. The minimum absolute atomic E-state index is 0.00476. The van der Waals surface area contributed by atoms with E-state index >= 15 is 0 Å². The molecule has 2 unspecified atom stereocenters. The van der Waals surface area contributed by atoms with Crippen LogP contribution >= 0.6 is 0 Å². The zero-order valence-electron chi connectivity index (χ0n) is 32.0. The lowest BCUT2D eigenvalue weighted by molar-refractivity contribution is -0.113. The van der Waals surface area contributed by atoms with Gasteiger partial charge in [-0.15, -0.1) is 0 Å². The quantitative estimate of drug-likeness (QED) is 0.120. The lowest BCUT2D eigenvalue weighted by atomic mass is 9.98. The van der Waals surface area contributed by atoms with Crippen LogP contribution in [0.2, 0.25) is 0 Å². The number of nitrogens with one attached hydrogen (secondary N) is 4. The van der Waals surface area contributed by atoms with Gasteiger partial charge in [-0.3, -0.25) is 9.59 Å². The average Bonchev–Trinajstić information content (AvgIpc) is 3.19. The number of sulfone groups is 1. The van der Waals surface area contributed by atoms with Crippen LogP contribution in [0.4, 0.5) is 11.4 Å². The van der Waals surface area contributed by atoms with E-state index in [2.05, 4.69) is 31.3 Å². The highest BCUT2D eigenvalue weighted by molar-refractivity contribution is 7.91. The summed E-state index contributed by atoms with van der Waals surface area (Å²) in [7, 11) is 2.08. The Bertz CT molecular complexity index is 2300. The van der Waals surface area contributed by atoms with E-state index in [4.69, 9.17) is 30.4 Å². The summed E-state index contributed by atoms with van der Waals surface area (Å²) in [6, 6.07) is 20.7. The van der Waals surface area contributed by atoms with Crippen LogP contribution in [0.3, 0.4) is 0 Å². The topological polar surface area (TPSA) is 230 Å². The van der Waals surface area contributed by atoms with E-state index in [1.165, 1.54) is 77.0 Å². The molecule has 16 nitrogen and oxygen atoms in total. The second-order valence-electron chi connectivity index (χ2n) is 12.8. The van der Waals surface area contributed by atoms with Gasteiger partial charge in [0.25, 0.3) is 11.8 Å². The lowest BCUT2D eigenvalue weighted by Crippen LogP contribution is -2.39. The number of nitrogens with zero attached hydrogens (tertiary/aromatic N) is 2. The molecule has 2 aliphatic rings. The van der Waals surface area contributed by atoms with Crippen molar-refractivity contribution in [3.8, 4) is 23.0 Å². The molecule has 2 atom stereocenters. The van der Waals surface area contributed by atoms with E-state index in [1.807, 2.05) is 0 Å². The fourth-order valence-corrected chi connectivity index (χ4v) is 7.69. The molecule has 6 rings (SSSR count). The Morgan fingerprint density at radius 1 is 0.579 bits per heavy atom. The Morgan fingerprint density at radius 3 is 1.26 bits per heavy atom. The number of aliphatic imine (C=N–C) groups is 2. The van der Waals surface area contributed by atoms with Crippen molar-refractivity contribution in [1.29, 1.82) is 0 Å². The number of guanidine groups is 2. The maximum absolute atomic E-state index is 13.7. The number of rotatable bonds is 12. The SMILES string of the molecule is COc1ccc(C2=C(C(=O)Nc3ccc(S(=O)(=O)c4ccc(NC(=O)C5=C(c6ccc(OC)c(OC)c6)NC(N)=NC5C)cc4)cc3)C(C)N=C(N)N2)cc1OC. The van der Waals surface area contributed by atoms with Gasteiger partial charge in [-0.05, 0) is 98.8 Å². The van der Waals surface area contributed by atoms with Gasteiger partial charge in [0.1, 0.15) is 0 Å². The first-order chi connectivity index (χ1) is 27.3. The Kier molecular flexibility index (Phi) is 11.4. The Balaban J connectivity index is 1.19. The van der Waals surface area contributed by atoms with Crippen molar-refractivity contribution in [2.75, 3.05) is 39.1 Å². The fraction of sp³-hybridized carbons (Fsp3) is 0.200. The largest absolute Gasteiger partial charge is 0.493 e. The fourth-order valence-electron chi connectivity index (χ4n) is 6.43. The normalized spacial score (nSPS) is 16.7. The molecular formula is C40H42N8O8S. The summed E-state index contributed by atoms with van der Waals surface area (Å²) in [6.45, 7) is 3.48. The first-order valence-electron chi connectivity index (χ1n) is 17.5. The van der Waals surface area contributed by atoms with Gasteiger partial charge in [-0.2, -0.15) is 0 Å². The molecular weight excluding hydrogens is 753 g/mol. The Morgan fingerprint density at radius 2 is 0.930 bits per heavy atom. The number of methoxy groups -OCH3 is 4. The molecule has 4 aromatic carbocycles. The van der Waals surface area contributed by atoms with Crippen molar-refractivity contribution in [3.63, 3.8) is 0 Å². The molecule has 0 saturated carbocycles. The highest BCUT2D eigenvalue weighted by Gasteiger charge is 2.30. The number of benzene rings is 4. The van der Waals surface area contributed by atoms with Crippen LogP contribution in [0, 0.1) is 0 Å². The number of hydrogen-bond donors (Lipinski definition) is 6. The maximum Gasteiger partial charge on any atom is 0.255 e. The van der Waals surface area contributed by atoms with Gasteiger partial charge in [0.15, 0.2) is 34.9 Å². The van der Waals surface area contributed by atoms with Gasteiger partial charge < -0.3 is 51.7 Å². The van der Waals surface area contributed by atoms with E-state index in [0.29, 0.717) is 68.0 Å². The molecule has 0 fully saturated rings. The standard InChI is InChI=1S/C40H42N8O8S/c1-21-33(35(47-39(41)43-21)23-7-17-29(53-3)31(19-23)55-5)37(49)45-25-9-13-27(14-10-25)57(51,52)28-15-11-26(12-16-28)46-38(50)34-22(2)44-40(42)48-36(34)24-8-18-30(54-4)32(20-24)56-6/h7-22H,1-6H3,(H,45,49)(H,46,50)(H3,41,43,47)(H3,42,44,48). The molecule has 17 heteroatoms. The van der Waals surface area contributed by atoms with Crippen LogP contribution in [0.25, 0.3) is 11.4 Å². The number of amides is 2. The first-order valence-corrected chi connectivity index (χ1v) is 19.0. The minimum atomic E-state index is -3.99. The number of carbonyl (C=O) groups excluding carboxylic acids is 2. The van der Waals surface area contributed by atoms with Crippen LogP contribution in [0.5, 0.6) is 23.0 Å². The molecule has 2 heterocycles.